The number of hydrogen-bond acceptors (Lipinski definition) is 2. The smallest absolute Gasteiger partial charge is 0.213 e. The Labute approximate surface area is 123 Å². The van der Waals surface area contributed by atoms with Crippen molar-refractivity contribution in [2.75, 3.05) is 0 Å². The van der Waals surface area contributed by atoms with Crippen LogP contribution in [0.1, 0.15) is 11.1 Å². The molecule has 0 amide bonds. The zero-order valence-electron chi connectivity index (χ0n) is 11.9. The quantitative estimate of drug-likeness (QED) is 0.339. The van der Waals surface area contributed by atoms with Crippen molar-refractivity contribution in [3.05, 3.63) is 78.0 Å². The first-order chi connectivity index (χ1) is 10.3. The van der Waals surface area contributed by atoms with E-state index in [2.05, 4.69) is 34.8 Å². The molecule has 0 aliphatic heterocycles. The zero-order valence-corrected chi connectivity index (χ0v) is 11.9. The molecule has 0 saturated carbocycles. The van der Waals surface area contributed by atoms with Crippen molar-refractivity contribution < 1.29 is 9.77 Å². The minimum Gasteiger partial charge on any atom is -0.410 e. The molecule has 2 aromatic carbocycles. The molecule has 3 heteroatoms. The van der Waals surface area contributed by atoms with Gasteiger partial charge in [-0.2, -0.15) is 4.57 Å². The Hall–Kier alpha value is -2.68. The molecule has 3 rings (SSSR count). The van der Waals surface area contributed by atoms with Gasteiger partial charge in [-0.05, 0) is 18.6 Å². The Balaban J connectivity index is 2.04. The van der Waals surface area contributed by atoms with Crippen LogP contribution in [0.2, 0.25) is 0 Å². The third kappa shape index (κ3) is 2.63. The Bertz CT molecular complexity index is 795. The van der Waals surface area contributed by atoms with E-state index in [4.69, 9.17) is 0 Å². The van der Waals surface area contributed by atoms with Crippen molar-refractivity contribution in [2.24, 2.45) is 5.16 Å². The summed E-state index contributed by atoms with van der Waals surface area (Å²) in [5.74, 6) is 0. The number of oxime groups is 1. The topological polar surface area (TPSA) is 36.5 Å². The molecule has 0 spiro atoms. The van der Waals surface area contributed by atoms with E-state index >= 15 is 0 Å². The van der Waals surface area contributed by atoms with Crippen molar-refractivity contribution in [3.8, 4) is 0 Å². The number of pyridine rings is 1. The second-order valence-electron chi connectivity index (χ2n) is 5.06. The van der Waals surface area contributed by atoms with Crippen LogP contribution in [-0.4, -0.2) is 10.9 Å². The number of aryl methyl sites for hydroxylation is 1. The molecule has 0 aliphatic carbocycles. The van der Waals surface area contributed by atoms with Crippen LogP contribution in [0.15, 0.2) is 72.0 Å². The highest BCUT2D eigenvalue weighted by Crippen LogP contribution is 2.14. The summed E-state index contributed by atoms with van der Waals surface area (Å²) in [6.45, 7) is 2.63. The number of nitrogens with zero attached hydrogens (tertiary/aromatic N) is 2. The maximum absolute atomic E-state index is 9.34. The highest BCUT2D eigenvalue weighted by atomic mass is 16.4. The first-order valence-corrected chi connectivity index (χ1v) is 6.94. The van der Waals surface area contributed by atoms with Gasteiger partial charge in [0.1, 0.15) is 0 Å². The van der Waals surface area contributed by atoms with Crippen LogP contribution in [0.3, 0.4) is 0 Å². The predicted octanol–water partition coefficient (Wildman–Crippen LogP) is 3.31. The summed E-state index contributed by atoms with van der Waals surface area (Å²) in [4.78, 5) is 0. The summed E-state index contributed by atoms with van der Waals surface area (Å²) in [5, 5.41) is 14.0. The molecule has 3 nitrogen and oxygen atoms in total. The molecule has 3 aromatic rings. The third-order valence-corrected chi connectivity index (χ3v) is 3.69. The van der Waals surface area contributed by atoms with Gasteiger partial charge in [0.05, 0.1) is 0 Å². The van der Waals surface area contributed by atoms with Crippen molar-refractivity contribution in [2.45, 2.75) is 13.5 Å². The van der Waals surface area contributed by atoms with Crippen LogP contribution in [-0.2, 0) is 6.54 Å². The molecule has 1 heterocycles. The Morgan fingerprint density at radius 3 is 2.48 bits per heavy atom. The number of hydrogen-bond donors (Lipinski definition) is 1. The van der Waals surface area contributed by atoms with Gasteiger partial charge in [-0.1, -0.05) is 47.6 Å². The lowest BCUT2D eigenvalue weighted by atomic mass is 10.1. The van der Waals surface area contributed by atoms with Gasteiger partial charge in [0.2, 0.25) is 5.52 Å². The Morgan fingerprint density at radius 2 is 1.71 bits per heavy atom. The molecule has 0 atom stereocenters. The van der Waals surface area contributed by atoms with Crippen LogP contribution >= 0.6 is 0 Å². The van der Waals surface area contributed by atoms with Crippen molar-refractivity contribution >= 4 is 16.6 Å². The molecular weight excluding hydrogens is 260 g/mol. The first kappa shape index (κ1) is 13.3. The van der Waals surface area contributed by atoms with Gasteiger partial charge in [0.25, 0.3) is 0 Å². The summed E-state index contributed by atoms with van der Waals surface area (Å²) >= 11 is 0. The van der Waals surface area contributed by atoms with E-state index in [0.717, 1.165) is 11.1 Å². The molecule has 21 heavy (non-hydrogen) atoms. The minimum absolute atomic E-state index is 0.529. The molecule has 0 aliphatic rings. The van der Waals surface area contributed by atoms with Crippen LogP contribution in [0.5, 0.6) is 0 Å². The number of benzene rings is 2. The highest BCUT2D eigenvalue weighted by molar-refractivity contribution is 5.99. The van der Waals surface area contributed by atoms with Gasteiger partial charge in [-0.25, -0.2) is 0 Å². The fraction of sp³-hybridized carbons (Fsp3) is 0.111. The van der Waals surface area contributed by atoms with E-state index in [0.29, 0.717) is 12.3 Å². The van der Waals surface area contributed by atoms with Gasteiger partial charge < -0.3 is 5.21 Å². The van der Waals surface area contributed by atoms with E-state index in [1.54, 1.807) is 0 Å². The van der Waals surface area contributed by atoms with E-state index in [9.17, 15) is 5.21 Å². The van der Waals surface area contributed by atoms with Crippen molar-refractivity contribution in [3.63, 3.8) is 0 Å². The number of para-hydroxylation sites is 1. The highest BCUT2D eigenvalue weighted by Gasteiger charge is 2.15. The maximum Gasteiger partial charge on any atom is 0.213 e. The lowest BCUT2D eigenvalue weighted by Gasteiger charge is -2.05. The van der Waals surface area contributed by atoms with E-state index in [1.807, 2.05) is 48.7 Å². The minimum atomic E-state index is 0.529. The summed E-state index contributed by atoms with van der Waals surface area (Å²) in [5.41, 5.74) is 3.95. The third-order valence-electron chi connectivity index (χ3n) is 3.69. The van der Waals surface area contributed by atoms with Crippen LogP contribution in [0.25, 0.3) is 10.9 Å². The van der Waals surface area contributed by atoms with Gasteiger partial charge in [-0.3, -0.25) is 0 Å². The summed E-state index contributed by atoms with van der Waals surface area (Å²) in [6.07, 6.45) is 2.03. The van der Waals surface area contributed by atoms with Crippen LogP contribution in [0, 0.1) is 6.92 Å². The Morgan fingerprint density at radius 1 is 1.00 bits per heavy atom. The molecule has 104 valence electrons. The summed E-state index contributed by atoms with van der Waals surface area (Å²) < 4.78 is 2.10. The van der Waals surface area contributed by atoms with E-state index in [-0.39, 0.29) is 0 Å². The van der Waals surface area contributed by atoms with Crippen molar-refractivity contribution in [1.82, 2.24) is 0 Å². The fourth-order valence-corrected chi connectivity index (χ4v) is 2.54. The predicted molar refractivity (Wildman–Crippen MR) is 83.6 cm³/mol. The number of rotatable bonds is 3. The van der Waals surface area contributed by atoms with Crippen LogP contribution < -0.4 is 4.57 Å². The molecular formula is C18H17N2O+. The maximum atomic E-state index is 9.34. The molecule has 0 radical (unpaired) electrons. The second-order valence-corrected chi connectivity index (χ2v) is 5.06. The van der Waals surface area contributed by atoms with Gasteiger partial charge in [-0.15, -0.1) is 0 Å². The molecule has 0 unspecified atom stereocenters. The first-order valence-electron chi connectivity index (χ1n) is 6.94. The molecule has 0 bridgehead atoms. The van der Waals surface area contributed by atoms with E-state index < -0.39 is 0 Å². The average molecular weight is 277 g/mol. The molecule has 1 N–H and O–H groups in total. The standard InChI is InChI=1S/C18H16N2O/c1-14-11-12-20(18-10-6-5-9-16(14)18)13-17(19-21)15-7-3-2-4-8-15/h2-12H,13H2,1H3/p+1/b19-17-. The van der Waals surface area contributed by atoms with Gasteiger partial charge in [0.15, 0.2) is 18.5 Å². The summed E-state index contributed by atoms with van der Waals surface area (Å²) in [7, 11) is 0. The monoisotopic (exact) mass is 277 g/mol. The lowest BCUT2D eigenvalue weighted by Crippen LogP contribution is -2.38. The molecule has 0 saturated heterocycles. The normalized spacial score (nSPS) is 11.8. The zero-order chi connectivity index (χ0) is 14.7. The SMILES string of the molecule is Cc1cc[n+](C/C(=N/O)c2ccccc2)c2ccccc12. The second kappa shape index (κ2) is 5.75. The largest absolute Gasteiger partial charge is 0.410 e. The van der Waals surface area contributed by atoms with Gasteiger partial charge in [0, 0.05) is 23.1 Å². The van der Waals surface area contributed by atoms with Crippen LogP contribution in [0.4, 0.5) is 0 Å². The van der Waals surface area contributed by atoms with E-state index in [1.165, 1.54) is 10.9 Å². The average Bonchev–Trinajstić information content (AvgIpc) is 2.55. The molecule has 1 aromatic heterocycles. The summed E-state index contributed by atoms with van der Waals surface area (Å²) in [6, 6.07) is 20.1. The Kier molecular flexibility index (Phi) is 3.65. The molecule has 0 fully saturated rings. The number of aromatic nitrogens is 1. The number of fused-ring (bicyclic) bond motifs is 1. The van der Waals surface area contributed by atoms with Crippen molar-refractivity contribution in [1.29, 1.82) is 0 Å². The lowest BCUT2D eigenvalue weighted by molar-refractivity contribution is -0.655. The fourth-order valence-electron chi connectivity index (χ4n) is 2.54. The van der Waals surface area contributed by atoms with Gasteiger partial charge >= 0.3 is 0 Å².